The van der Waals surface area contributed by atoms with E-state index in [1.165, 1.54) is 16.7 Å². The maximum Gasteiger partial charge on any atom is 0.123 e. The molecule has 2 aromatic carbocycles. The minimum atomic E-state index is -0.174. The molecule has 0 aliphatic carbocycles. The third kappa shape index (κ3) is 3.80. The number of aryl methyl sites for hydroxylation is 2. The van der Waals surface area contributed by atoms with Crippen LogP contribution in [0.15, 0.2) is 42.5 Å². The highest BCUT2D eigenvalue weighted by atomic mass is 19.1. The number of ether oxygens (including phenoxy) is 1. The predicted molar refractivity (Wildman–Crippen MR) is 91.1 cm³/mol. The average Bonchev–Trinajstić information content (AvgIpc) is 2.55. The summed E-state index contributed by atoms with van der Waals surface area (Å²) in [5.74, 6) is 0.0979. The Morgan fingerprint density at radius 1 is 1.13 bits per heavy atom. The van der Waals surface area contributed by atoms with Gasteiger partial charge in [-0.05, 0) is 61.2 Å². The number of hydrogen-bond acceptors (Lipinski definition) is 2. The fourth-order valence-electron chi connectivity index (χ4n) is 3.37. The van der Waals surface area contributed by atoms with Crippen molar-refractivity contribution in [2.24, 2.45) is 0 Å². The second kappa shape index (κ2) is 7.24. The highest BCUT2D eigenvalue weighted by Gasteiger charge is 2.28. The van der Waals surface area contributed by atoms with Gasteiger partial charge in [0.25, 0.3) is 0 Å². The van der Waals surface area contributed by atoms with Gasteiger partial charge in [0, 0.05) is 12.5 Å². The van der Waals surface area contributed by atoms with Gasteiger partial charge in [0.1, 0.15) is 5.82 Å². The van der Waals surface area contributed by atoms with Crippen LogP contribution in [0.3, 0.4) is 0 Å². The predicted octanol–water partition coefficient (Wildman–Crippen LogP) is 4.10. The molecule has 1 aliphatic rings. The van der Waals surface area contributed by atoms with Gasteiger partial charge >= 0.3 is 0 Å². The molecule has 0 saturated carbocycles. The SMILES string of the molecule is Cc1ccccc1COC1CCNCC1c1ccc(F)cc1C. The van der Waals surface area contributed by atoms with E-state index in [0.717, 1.165) is 25.1 Å². The van der Waals surface area contributed by atoms with Crippen LogP contribution in [0.2, 0.25) is 0 Å². The average molecular weight is 313 g/mol. The molecule has 1 saturated heterocycles. The lowest BCUT2D eigenvalue weighted by atomic mass is 9.86. The van der Waals surface area contributed by atoms with Crippen molar-refractivity contribution in [1.29, 1.82) is 0 Å². The molecule has 3 heteroatoms. The van der Waals surface area contributed by atoms with Crippen molar-refractivity contribution >= 4 is 0 Å². The number of halogens is 1. The van der Waals surface area contributed by atoms with E-state index in [9.17, 15) is 4.39 Å². The monoisotopic (exact) mass is 313 g/mol. The zero-order chi connectivity index (χ0) is 16.2. The van der Waals surface area contributed by atoms with Crippen LogP contribution in [0.4, 0.5) is 4.39 Å². The Hall–Kier alpha value is -1.71. The molecule has 1 N–H and O–H groups in total. The van der Waals surface area contributed by atoms with Gasteiger partial charge in [-0.2, -0.15) is 0 Å². The maximum absolute atomic E-state index is 13.4. The largest absolute Gasteiger partial charge is 0.373 e. The van der Waals surface area contributed by atoms with Crippen LogP contribution >= 0.6 is 0 Å². The molecule has 122 valence electrons. The Labute approximate surface area is 137 Å². The van der Waals surface area contributed by atoms with E-state index in [1.807, 2.05) is 19.1 Å². The second-order valence-electron chi connectivity index (χ2n) is 6.38. The van der Waals surface area contributed by atoms with Crippen molar-refractivity contribution in [2.45, 2.75) is 38.9 Å². The van der Waals surface area contributed by atoms with Crippen LogP contribution in [-0.2, 0) is 11.3 Å². The first-order valence-electron chi connectivity index (χ1n) is 8.28. The Kier molecular flexibility index (Phi) is 5.09. The van der Waals surface area contributed by atoms with E-state index in [0.29, 0.717) is 6.61 Å². The fourth-order valence-corrected chi connectivity index (χ4v) is 3.37. The lowest BCUT2D eigenvalue weighted by molar-refractivity contribution is 0.00656. The number of nitrogens with one attached hydrogen (secondary N) is 1. The van der Waals surface area contributed by atoms with E-state index in [4.69, 9.17) is 4.74 Å². The highest BCUT2D eigenvalue weighted by Crippen LogP contribution is 2.30. The Morgan fingerprint density at radius 2 is 1.96 bits per heavy atom. The lowest BCUT2D eigenvalue weighted by Crippen LogP contribution is -2.40. The smallest absolute Gasteiger partial charge is 0.123 e. The number of hydrogen-bond donors (Lipinski definition) is 1. The molecule has 3 rings (SSSR count). The molecule has 2 aromatic rings. The quantitative estimate of drug-likeness (QED) is 0.917. The van der Waals surface area contributed by atoms with E-state index in [-0.39, 0.29) is 17.8 Å². The van der Waals surface area contributed by atoms with Gasteiger partial charge in [-0.15, -0.1) is 0 Å². The van der Waals surface area contributed by atoms with E-state index in [1.54, 1.807) is 12.1 Å². The van der Waals surface area contributed by atoms with Crippen molar-refractivity contribution < 1.29 is 9.13 Å². The Morgan fingerprint density at radius 3 is 2.74 bits per heavy atom. The molecule has 1 fully saturated rings. The topological polar surface area (TPSA) is 21.3 Å². The van der Waals surface area contributed by atoms with Gasteiger partial charge in [-0.25, -0.2) is 4.39 Å². The number of piperidine rings is 1. The molecule has 2 nitrogen and oxygen atoms in total. The first-order chi connectivity index (χ1) is 11.1. The van der Waals surface area contributed by atoms with Gasteiger partial charge in [0.05, 0.1) is 12.7 Å². The molecule has 1 heterocycles. The maximum atomic E-state index is 13.4. The first-order valence-corrected chi connectivity index (χ1v) is 8.28. The third-order valence-corrected chi connectivity index (χ3v) is 4.76. The Balaban J connectivity index is 1.75. The summed E-state index contributed by atoms with van der Waals surface area (Å²) in [6.07, 6.45) is 1.15. The van der Waals surface area contributed by atoms with Crippen LogP contribution in [0, 0.1) is 19.7 Å². The highest BCUT2D eigenvalue weighted by molar-refractivity contribution is 5.32. The molecular formula is C20H24FNO. The van der Waals surface area contributed by atoms with Crippen molar-refractivity contribution in [3.05, 3.63) is 70.5 Å². The van der Waals surface area contributed by atoms with Crippen LogP contribution in [-0.4, -0.2) is 19.2 Å². The standard InChI is InChI=1S/C20H24FNO/c1-14-5-3-4-6-16(14)13-23-20-9-10-22-12-19(20)18-8-7-17(21)11-15(18)2/h3-8,11,19-20,22H,9-10,12-13H2,1-2H3. The summed E-state index contributed by atoms with van der Waals surface area (Å²) in [6, 6.07) is 13.4. The molecule has 2 unspecified atom stereocenters. The van der Waals surface area contributed by atoms with Gasteiger partial charge in [-0.1, -0.05) is 30.3 Å². The molecule has 2 atom stereocenters. The normalized spacial score (nSPS) is 21.3. The molecule has 0 aromatic heterocycles. The third-order valence-electron chi connectivity index (χ3n) is 4.76. The summed E-state index contributed by atoms with van der Waals surface area (Å²) < 4.78 is 19.6. The zero-order valence-corrected chi connectivity index (χ0v) is 13.8. The molecule has 0 spiro atoms. The van der Waals surface area contributed by atoms with Crippen molar-refractivity contribution in [1.82, 2.24) is 5.32 Å². The summed E-state index contributed by atoms with van der Waals surface area (Å²) in [4.78, 5) is 0. The van der Waals surface area contributed by atoms with Gasteiger partial charge in [0.2, 0.25) is 0 Å². The first kappa shape index (κ1) is 16.2. The molecular weight excluding hydrogens is 289 g/mol. The molecule has 23 heavy (non-hydrogen) atoms. The summed E-state index contributed by atoms with van der Waals surface area (Å²) in [7, 11) is 0. The fraction of sp³-hybridized carbons (Fsp3) is 0.400. The summed E-state index contributed by atoms with van der Waals surface area (Å²) in [5, 5.41) is 3.44. The van der Waals surface area contributed by atoms with Crippen molar-refractivity contribution in [3.8, 4) is 0 Å². The van der Waals surface area contributed by atoms with Gasteiger partial charge in [-0.3, -0.25) is 0 Å². The lowest BCUT2D eigenvalue weighted by Gasteiger charge is -2.33. The van der Waals surface area contributed by atoms with Crippen LogP contribution in [0.1, 0.15) is 34.6 Å². The van der Waals surface area contributed by atoms with Crippen molar-refractivity contribution in [3.63, 3.8) is 0 Å². The van der Waals surface area contributed by atoms with Crippen LogP contribution in [0.5, 0.6) is 0 Å². The Bertz CT molecular complexity index is 670. The molecule has 1 aliphatic heterocycles. The van der Waals surface area contributed by atoms with E-state index < -0.39 is 0 Å². The number of rotatable bonds is 4. The van der Waals surface area contributed by atoms with Gasteiger partial charge < -0.3 is 10.1 Å². The van der Waals surface area contributed by atoms with Gasteiger partial charge in [0.15, 0.2) is 0 Å². The number of benzene rings is 2. The van der Waals surface area contributed by atoms with Crippen molar-refractivity contribution in [2.75, 3.05) is 13.1 Å². The summed E-state index contributed by atoms with van der Waals surface area (Å²) in [5.41, 5.74) is 4.69. The van der Waals surface area contributed by atoms with Crippen LogP contribution < -0.4 is 5.32 Å². The van der Waals surface area contributed by atoms with E-state index in [2.05, 4.69) is 30.4 Å². The zero-order valence-electron chi connectivity index (χ0n) is 13.8. The minimum Gasteiger partial charge on any atom is -0.373 e. The van der Waals surface area contributed by atoms with Crippen LogP contribution in [0.25, 0.3) is 0 Å². The summed E-state index contributed by atoms with van der Waals surface area (Å²) >= 11 is 0. The summed E-state index contributed by atoms with van der Waals surface area (Å²) in [6.45, 7) is 6.57. The molecule has 0 radical (unpaired) electrons. The molecule has 0 bridgehead atoms. The molecule has 0 amide bonds. The minimum absolute atomic E-state index is 0.167. The van der Waals surface area contributed by atoms with E-state index >= 15 is 0 Å². The second-order valence-corrected chi connectivity index (χ2v) is 6.38.